The lowest BCUT2D eigenvalue weighted by Gasteiger charge is -2.10. The standard InChI is InChI=1S/C12H19NOS/c1-15-10-4-9-14-12-6-3-2-5-11(12)7-8-13/h2-3,5-6H,4,7-10,13H2,1H3. The number of nitrogens with two attached hydrogens (primary N) is 1. The van der Waals surface area contributed by atoms with E-state index in [1.165, 1.54) is 5.56 Å². The van der Waals surface area contributed by atoms with Gasteiger partial charge in [0.2, 0.25) is 0 Å². The molecule has 0 bridgehead atoms. The number of thioether (sulfide) groups is 1. The summed E-state index contributed by atoms with van der Waals surface area (Å²) in [6, 6.07) is 8.13. The second kappa shape index (κ2) is 7.60. The Bertz CT molecular complexity index is 278. The third kappa shape index (κ3) is 4.58. The maximum atomic E-state index is 5.72. The fourth-order valence-corrected chi connectivity index (χ4v) is 1.80. The highest BCUT2D eigenvalue weighted by molar-refractivity contribution is 7.98. The molecule has 0 aliphatic rings. The number of benzene rings is 1. The first-order valence-corrected chi connectivity index (χ1v) is 6.67. The SMILES string of the molecule is CSCCCOc1ccccc1CCN. The van der Waals surface area contributed by atoms with Gasteiger partial charge in [0.05, 0.1) is 6.61 Å². The molecular weight excluding hydrogens is 206 g/mol. The molecule has 0 heterocycles. The molecule has 0 saturated carbocycles. The van der Waals surface area contributed by atoms with Crippen LogP contribution in [0, 0.1) is 0 Å². The third-order valence-corrected chi connectivity index (χ3v) is 2.83. The molecule has 84 valence electrons. The van der Waals surface area contributed by atoms with E-state index >= 15 is 0 Å². The van der Waals surface area contributed by atoms with Gasteiger partial charge >= 0.3 is 0 Å². The van der Waals surface area contributed by atoms with Gasteiger partial charge in [-0.15, -0.1) is 0 Å². The highest BCUT2D eigenvalue weighted by atomic mass is 32.2. The molecule has 1 rings (SSSR count). The van der Waals surface area contributed by atoms with E-state index in [1.807, 2.05) is 30.0 Å². The number of ether oxygens (including phenoxy) is 1. The minimum atomic E-state index is 0.672. The van der Waals surface area contributed by atoms with E-state index < -0.39 is 0 Å². The fraction of sp³-hybridized carbons (Fsp3) is 0.500. The molecule has 0 atom stereocenters. The molecule has 0 amide bonds. The van der Waals surface area contributed by atoms with E-state index in [1.54, 1.807) is 0 Å². The van der Waals surface area contributed by atoms with Crippen LogP contribution in [-0.2, 0) is 6.42 Å². The molecule has 2 N–H and O–H groups in total. The van der Waals surface area contributed by atoms with Crippen LogP contribution in [-0.4, -0.2) is 25.2 Å². The molecule has 0 radical (unpaired) electrons. The summed E-state index contributed by atoms with van der Waals surface area (Å²) in [5, 5.41) is 0. The van der Waals surface area contributed by atoms with Gasteiger partial charge < -0.3 is 10.5 Å². The Morgan fingerprint density at radius 2 is 2.13 bits per heavy atom. The second-order valence-corrected chi connectivity index (χ2v) is 4.33. The summed E-state index contributed by atoms with van der Waals surface area (Å²) in [4.78, 5) is 0. The van der Waals surface area contributed by atoms with Gasteiger partial charge in [-0.3, -0.25) is 0 Å². The molecule has 1 aromatic rings. The van der Waals surface area contributed by atoms with Crippen LogP contribution in [0.2, 0.25) is 0 Å². The summed E-state index contributed by atoms with van der Waals surface area (Å²) in [5.74, 6) is 2.14. The number of para-hydroxylation sites is 1. The minimum absolute atomic E-state index is 0.672. The predicted molar refractivity (Wildman–Crippen MR) is 67.7 cm³/mol. The zero-order valence-corrected chi connectivity index (χ0v) is 10.1. The molecule has 0 spiro atoms. The van der Waals surface area contributed by atoms with Crippen LogP contribution in [0.1, 0.15) is 12.0 Å². The summed E-state index contributed by atoms with van der Waals surface area (Å²) in [6.45, 7) is 1.47. The lowest BCUT2D eigenvalue weighted by atomic mass is 10.1. The van der Waals surface area contributed by atoms with E-state index in [0.717, 1.165) is 31.0 Å². The average molecular weight is 225 g/mol. The van der Waals surface area contributed by atoms with E-state index in [9.17, 15) is 0 Å². The zero-order chi connectivity index (χ0) is 10.9. The van der Waals surface area contributed by atoms with Crippen molar-refractivity contribution in [3.05, 3.63) is 29.8 Å². The van der Waals surface area contributed by atoms with Gasteiger partial charge in [0.25, 0.3) is 0 Å². The molecule has 0 aliphatic heterocycles. The lowest BCUT2D eigenvalue weighted by molar-refractivity contribution is 0.315. The summed E-state index contributed by atoms with van der Waals surface area (Å²) < 4.78 is 5.72. The Kier molecular flexibility index (Phi) is 6.28. The normalized spacial score (nSPS) is 10.3. The van der Waals surface area contributed by atoms with Crippen LogP contribution in [0.4, 0.5) is 0 Å². The first kappa shape index (κ1) is 12.4. The number of rotatable bonds is 7. The van der Waals surface area contributed by atoms with E-state index in [2.05, 4.69) is 12.3 Å². The summed E-state index contributed by atoms with van der Waals surface area (Å²) in [5.41, 5.74) is 6.76. The van der Waals surface area contributed by atoms with Crippen molar-refractivity contribution in [3.8, 4) is 5.75 Å². The van der Waals surface area contributed by atoms with E-state index in [-0.39, 0.29) is 0 Å². The number of hydrogen-bond donors (Lipinski definition) is 1. The Balaban J connectivity index is 2.44. The van der Waals surface area contributed by atoms with Crippen molar-refractivity contribution < 1.29 is 4.74 Å². The van der Waals surface area contributed by atoms with Gasteiger partial charge in [-0.2, -0.15) is 11.8 Å². The highest BCUT2D eigenvalue weighted by Gasteiger charge is 2.01. The van der Waals surface area contributed by atoms with E-state index in [4.69, 9.17) is 10.5 Å². The Hall–Kier alpha value is -0.670. The average Bonchev–Trinajstić information content (AvgIpc) is 2.27. The van der Waals surface area contributed by atoms with Gasteiger partial charge in [0.1, 0.15) is 5.75 Å². The maximum absolute atomic E-state index is 5.72. The van der Waals surface area contributed by atoms with Crippen LogP contribution in [0.3, 0.4) is 0 Å². The summed E-state index contributed by atoms with van der Waals surface area (Å²) in [7, 11) is 0. The summed E-state index contributed by atoms with van der Waals surface area (Å²) >= 11 is 1.85. The molecule has 2 nitrogen and oxygen atoms in total. The van der Waals surface area contributed by atoms with Crippen LogP contribution < -0.4 is 10.5 Å². The third-order valence-electron chi connectivity index (χ3n) is 2.14. The highest BCUT2D eigenvalue weighted by Crippen LogP contribution is 2.18. The zero-order valence-electron chi connectivity index (χ0n) is 9.24. The van der Waals surface area contributed by atoms with Crippen molar-refractivity contribution in [1.82, 2.24) is 0 Å². The molecule has 0 fully saturated rings. The number of hydrogen-bond acceptors (Lipinski definition) is 3. The van der Waals surface area contributed by atoms with Crippen molar-refractivity contribution >= 4 is 11.8 Å². The Labute approximate surface area is 96.2 Å². The van der Waals surface area contributed by atoms with Crippen molar-refractivity contribution in [2.24, 2.45) is 5.73 Å². The van der Waals surface area contributed by atoms with Gasteiger partial charge in [-0.05, 0) is 43.0 Å². The Morgan fingerprint density at radius 1 is 1.33 bits per heavy atom. The van der Waals surface area contributed by atoms with Crippen molar-refractivity contribution in [3.63, 3.8) is 0 Å². The topological polar surface area (TPSA) is 35.2 Å². The quantitative estimate of drug-likeness (QED) is 0.723. The molecule has 15 heavy (non-hydrogen) atoms. The van der Waals surface area contributed by atoms with Crippen molar-refractivity contribution in [2.75, 3.05) is 25.2 Å². The van der Waals surface area contributed by atoms with Gasteiger partial charge in [0, 0.05) is 0 Å². The van der Waals surface area contributed by atoms with Gasteiger partial charge in [0.15, 0.2) is 0 Å². The fourth-order valence-electron chi connectivity index (χ4n) is 1.39. The van der Waals surface area contributed by atoms with Gasteiger partial charge in [-0.1, -0.05) is 18.2 Å². The molecule has 0 unspecified atom stereocenters. The maximum Gasteiger partial charge on any atom is 0.122 e. The van der Waals surface area contributed by atoms with Crippen LogP contribution in [0.15, 0.2) is 24.3 Å². The Morgan fingerprint density at radius 3 is 2.87 bits per heavy atom. The van der Waals surface area contributed by atoms with Crippen LogP contribution in [0.25, 0.3) is 0 Å². The molecule has 0 saturated heterocycles. The lowest BCUT2D eigenvalue weighted by Crippen LogP contribution is -2.06. The van der Waals surface area contributed by atoms with E-state index in [0.29, 0.717) is 6.54 Å². The predicted octanol–water partition coefficient (Wildman–Crippen LogP) is 2.32. The smallest absolute Gasteiger partial charge is 0.122 e. The summed E-state index contributed by atoms with van der Waals surface area (Å²) in [6.07, 6.45) is 4.10. The van der Waals surface area contributed by atoms with Crippen molar-refractivity contribution in [1.29, 1.82) is 0 Å². The molecule has 3 heteroatoms. The molecule has 0 aromatic heterocycles. The molecule has 1 aromatic carbocycles. The van der Waals surface area contributed by atoms with Gasteiger partial charge in [-0.25, -0.2) is 0 Å². The first-order valence-electron chi connectivity index (χ1n) is 5.28. The molecule has 0 aliphatic carbocycles. The molecular formula is C12H19NOS. The second-order valence-electron chi connectivity index (χ2n) is 3.34. The van der Waals surface area contributed by atoms with Crippen LogP contribution in [0.5, 0.6) is 5.75 Å². The monoisotopic (exact) mass is 225 g/mol. The minimum Gasteiger partial charge on any atom is -0.493 e. The van der Waals surface area contributed by atoms with Crippen molar-refractivity contribution in [2.45, 2.75) is 12.8 Å². The van der Waals surface area contributed by atoms with Crippen LogP contribution >= 0.6 is 11.8 Å². The largest absolute Gasteiger partial charge is 0.493 e. The first-order chi connectivity index (χ1) is 7.38.